The first-order valence-electron chi connectivity index (χ1n) is 11.7. The summed E-state index contributed by atoms with van der Waals surface area (Å²) >= 11 is 0. The van der Waals surface area contributed by atoms with Crippen LogP contribution in [-0.2, 0) is 4.74 Å². The van der Waals surface area contributed by atoms with Crippen LogP contribution in [0.1, 0.15) is 95.6 Å². The Labute approximate surface area is 173 Å². The Kier molecular flexibility index (Phi) is 8.90. The first-order valence-corrected chi connectivity index (χ1v) is 11.7. The minimum Gasteiger partial charge on any atom is -0.370 e. The van der Waals surface area contributed by atoms with Crippen LogP contribution in [0.5, 0.6) is 0 Å². The molecule has 2 bridgehead atoms. The van der Waals surface area contributed by atoms with Gasteiger partial charge in [0, 0.05) is 12.1 Å². The fraction of sp³-hybridized carbons (Fsp3) is 0.692. The first-order chi connectivity index (χ1) is 13.8. The van der Waals surface area contributed by atoms with Gasteiger partial charge in [-0.15, -0.1) is 6.42 Å². The maximum Gasteiger partial charge on any atom is 0.0828 e. The predicted molar refractivity (Wildman–Crippen MR) is 118 cm³/mol. The third-order valence-corrected chi connectivity index (χ3v) is 6.71. The van der Waals surface area contributed by atoms with E-state index in [1.54, 1.807) is 0 Å². The van der Waals surface area contributed by atoms with Gasteiger partial charge in [0.2, 0.25) is 0 Å². The lowest BCUT2D eigenvalue weighted by molar-refractivity contribution is -0.0637. The second kappa shape index (κ2) is 11.6. The minimum absolute atomic E-state index is 0.250. The van der Waals surface area contributed by atoms with E-state index >= 15 is 0 Å². The summed E-state index contributed by atoms with van der Waals surface area (Å²) in [6.07, 6.45) is 21.7. The summed E-state index contributed by atoms with van der Waals surface area (Å²) in [4.78, 5) is 2.55. The highest BCUT2D eigenvalue weighted by Gasteiger charge is 2.41. The lowest BCUT2D eigenvalue weighted by Gasteiger charge is -2.39. The van der Waals surface area contributed by atoms with E-state index in [1.165, 1.54) is 63.4 Å². The van der Waals surface area contributed by atoms with E-state index in [0.717, 1.165) is 25.8 Å². The molecule has 0 saturated carbocycles. The number of hydrogen-bond acceptors (Lipinski definition) is 2. The number of terminal acetylenes is 1. The van der Waals surface area contributed by atoms with E-state index in [1.807, 2.05) is 0 Å². The molecule has 4 atom stereocenters. The van der Waals surface area contributed by atoms with E-state index < -0.39 is 0 Å². The van der Waals surface area contributed by atoms with Gasteiger partial charge in [-0.25, -0.2) is 0 Å². The van der Waals surface area contributed by atoms with Crippen LogP contribution in [0, 0.1) is 12.3 Å². The molecule has 28 heavy (non-hydrogen) atoms. The van der Waals surface area contributed by atoms with Gasteiger partial charge >= 0.3 is 0 Å². The van der Waals surface area contributed by atoms with Gasteiger partial charge in [0.15, 0.2) is 0 Å². The van der Waals surface area contributed by atoms with Crippen molar-refractivity contribution in [3.05, 3.63) is 35.9 Å². The van der Waals surface area contributed by atoms with Crippen molar-refractivity contribution in [1.29, 1.82) is 0 Å². The Morgan fingerprint density at radius 1 is 1.00 bits per heavy atom. The van der Waals surface area contributed by atoms with Crippen molar-refractivity contribution in [2.24, 2.45) is 0 Å². The molecule has 2 aliphatic rings. The number of rotatable bonds is 12. The van der Waals surface area contributed by atoms with Crippen molar-refractivity contribution in [1.82, 2.24) is 4.90 Å². The third-order valence-electron chi connectivity index (χ3n) is 6.71. The zero-order valence-corrected chi connectivity index (χ0v) is 17.8. The second-order valence-corrected chi connectivity index (χ2v) is 8.80. The SMILES string of the molecule is C#CCN1[C@@H]2CC[C@H]1CC(OC(CCCCCCCCC)c1ccccc1)C2. The summed E-state index contributed by atoms with van der Waals surface area (Å²) in [5.74, 6) is 2.86. The van der Waals surface area contributed by atoms with Crippen LogP contribution in [0.15, 0.2) is 30.3 Å². The zero-order chi connectivity index (χ0) is 19.6. The molecule has 0 radical (unpaired) electrons. The van der Waals surface area contributed by atoms with Crippen molar-refractivity contribution in [3.63, 3.8) is 0 Å². The quantitative estimate of drug-likeness (QED) is 0.302. The summed E-state index contributed by atoms with van der Waals surface area (Å²) in [7, 11) is 0. The molecule has 2 nitrogen and oxygen atoms in total. The lowest BCUT2D eigenvalue weighted by Crippen LogP contribution is -2.45. The van der Waals surface area contributed by atoms with E-state index in [2.05, 4.69) is 48.1 Å². The first kappa shape index (κ1) is 21.4. The van der Waals surface area contributed by atoms with Crippen LogP contribution < -0.4 is 0 Å². The molecular formula is C26H39NO. The molecule has 1 aromatic rings. The van der Waals surface area contributed by atoms with Crippen LogP contribution in [-0.4, -0.2) is 29.6 Å². The van der Waals surface area contributed by atoms with E-state index in [-0.39, 0.29) is 6.10 Å². The average molecular weight is 382 g/mol. The molecule has 2 heterocycles. The van der Waals surface area contributed by atoms with Gasteiger partial charge in [0.05, 0.1) is 18.8 Å². The van der Waals surface area contributed by atoms with Gasteiger partial charge in [0.25, 0.3) is 0 Å². The fourth-order valence-corrected chi connectivity index (χ4v) is 5.20. The maximum atomic E-state index is 6.75. The monoisotopic (exact) mass is 381 g/mol. The highest BCUT2D eigenvalue weighted by molar-refractivity contribution is 5.17. The Morgan fingerprint density at radius 2 is 1.64 bits per heavy atom. The third kappa shape index (κ3) is 6.10. The number of ether oxygens (including phenoxy) is 1. The number of piperidine rings is 1. The Balaban J connectivity index is 1.50. The van der Waals surface area contributed by atoms with Crippen LogP contribution in [0.25, 0.3) is 0 Å². The summed E-state index contributed by atoms with van der Waals surface area (Å²) in [6.45, 7) is 3.09. The van der Waals surface area contributed by atoms with Crippen LogP contribution in [0.4, 0.5) is 0 Å². The Morgan fingerprint density at radius 3 is 2.29 bits per heavy atom. The molecule has 1 aromatic carbocycles. The van der Waals surface area contributed by atoms with E-state index in [4.69, 9.17) is 11.2 Å². The van der Waals surface area contributed by atoms with Crippen LogP contribution >= 0.6 is 0 Å². The second-order valence-electron chi connectivity index (χ2n) is 8.80. The molecule has 0 aromatic heterocycles. The summed E-state index contributed by atoms with van der Waals surface area (Å²) in [6, 6.07) is 12.2. The predicted octanol–water partition coefficient (Wildman–Crippen LogP) is 6.51. The van der Waals surface area contributed by atoms with Crippen LogP contribution in [0.2, 0.25) is 0 Å². The molecule has 3 rings (SSSR count). The van der Waals surface area contributed by atoms with Gasteiger partial charge in [-0.3, -0.25) is 4.90 Å². The van der Waals surface area contributed by atoms with Crippen molar-refractivity contribution >= 4 is 0 Å². The molecule has 2 aliphatic heterocycles. The van der Waals surface area contributed by atoms with Crippen molar-refractivity contribution in [2.45, 2.75) is 108 Å². The highest BCUT2D eigenvalue weighted by Crippen LogP contribution is 2.39. The largest absolute Gasteiger partial charge is 0.370 e. The fourth-order valence-electron chi connectivity index (χ4n) is 5.20. The van der Waals surface area contributed by atoms with Gasteiger partial charge in [0.1, 0.15) is 0 Å². The molecule has 0 spiro atoms. The number of benzene rings is 1. The van der Waals surface area contributed by atoms with Crippen molar-refractivity contribution in [2.75, 3.05) is 6.54 Å². The van der Waals surface area contributed by atoms with Gasteiger partial charge in [-0.05, 0) is 37.7 Å². The number of nitrogens with zero attached hydrogens (tertiary/aromatic N) is 1. The highest BCUT2D eigenvalue weighted by atomic mass is 16.5. The lowest BCUT2D eigenvalue weighted by atomic mass is 9.97. The van der Waals surface area contributed by atoms with E-state index in [9.17, 15) is 0 Å². The maximum absolute atomic E-state index is 6.75. The molecular weight excluding hydrogens is 342 g/mol. The van der Waals surface area contributed by atoms with Crippen LogP contribution in [0.3, 0.4) is 0 Å². The topological polar surface area (TPSA) is 12.5 Å². The Hall–Kier alpha value is -1.30. The minimum atomic E-state index is 0.250. The number of unbranched alkanes of at least 4 members (excludes halogenated alkanes) is 6. The van der Waals surface area contributed by atoms with Gasteiger partial charge < -0.3 is 4.74 Å². The smallest absolute Gasteiger partial charge is 0.0828 e. The molecule has 0 aliphatic carbocycles. The normalized spacial score (nSPS) is 25.5. The van der Waals surface area contributed by atoms with Crippen molar-refractivity contribution in [3.8, 4) is 12.3 Å². The zero-order valence-electron chi connectivity index (χ0n) is 17.8. The summed E-state index contributed by atoms with van der Waals surface area (Å²) in [5.41, 5.74) is 1.35. The number of fused-ring (bicyclic) bond motifs is 2. The molecule has 2 fully saturated rings. The summed E-state index contributed by atoms with van der Waals surface area (Å²) < 4.78 is 6.75. The number of hydrogen-bond donors (Lipinski definition) is 0. The van der Waals surface area contributed by atoms with Gasteiger partial charge in [-0.2, -0.15) is 0 Å². The molecule has 0 N–H and O–H groups in total. The van der Waals surface area contributed by atoms with Crippen molar-refractivity contribution < 1.29 is 4.74 Å². The molecule has 2 saturated heterocycles. The average Bonchev–Trinajstić information content (AvgIpc) is 2.96. The molecule has 2 unspecified atom stereocenters. The standard InChI is InChI=1S/C26H39NO/c1-3-5-6-7-8-9-13-16-26(22-14-11-10-12-15-22)28-25-20-23-17-18-24(21-25)27(23)19-4-2/h2,10-12,14-15,23-26H,3,5-9,13,16-21H2,1H3/t23-,24+,25?,26?. The Bertz CT molecular complexity index is 578. The van der Waals surface area contributed by atoms with E-state index in [0.29, 0.717) is 18.2 Å². The molecule has 0 amide bonds. The molecule has 2 heteroatoms. The summed E-state index contributed by atoms with van der Waals surface area (Å²) in [5, 5.41) is 0. The molecule has 154 valence electrons. The van der Waals surface area contributed by atoms with Gasteiger partial charge in [-0.1, -0.05) is 88.1 Å².